The van der Waals surface area contributed by atoms with Crippen molar-refractivity contribution >= 4 is 10.0 Å². The third kappa shape index (κ3) is 2.42. The van der Waals surface area contributed by atoms with Gasteiger partial charge in [0.15, 0.2) is 6.29 Å². The van der Waals surface area contributed by atoms with Gasteiger partial charge in [-0.25, -0.2) is 8.42 Å². The van der Waals surface area contributed by atoms with Gasteiger partial charge in [-0.1, -0.05) is 17.7 Å². The Morgan fingerprint density at radius 1 is 1.33 bits per heavy atom. The lowest BCUT2D eigenvalue weighted by atomic mass is 10.2. The van der Waals surface area contributed by atoms with E-state index in [1.165, 1.54) is 11.4 Å². The largest absolute Gasteiger partial charge is 0.354 e. The topological polar surface area (TPSA) is 55.8 Å². The van der Waals surface area contributed by atoms with Crippen LogP contribution in [0, 0.1) is 6.92 Å². The molecule has 1 aromatic carbocycles. The van der Waals surface area contributed by atoms with Crippen molar-refractivity contribution in [3.8, 4) is 0 Å². The molecular weight excluding hydrogens is 254 g/mol. The van der Waals surface area contributed by atoms with Gasteiger partial charge in [0, 0.05) is 7.11 Å². The number of methoxy groups -OCH3 is 1. The molecule has 6 heteroatoms. The number of sulfonamides is 1. The quantitative estimate of drug-likeness (QED) is 0.832. The minimum Gasteiger partial charge on any atom is -0.354 e. The molecule has 1 aliphatic heterocycles. The zero-order chi connectivity index (χ0) is 13.3. The smallest absolute Gasteiger partial charge is 0.245 e. The number of rotatable bonds is 3. The lowest BCUT2D eigenvalue weighted by Gasteiger charge is -2.18. The van der Waals surface area contributed by atoms with Crippen LogP contribution >= 0.6 is 0 Å². The van der Waals surface area contributed by atoms with E-state index in [0.29, 0.717) is 0 Å². The van der Waals surface area contributed by atoms with Crippen molar-refractivity contribution in [3.05, 3.63) is 29.8 Å². The summed E-state index contributed by atoms with van der Waals surface area (Å²) in [5, 5.41) is 0. The molecular formula is C12H17NO4S. The van der Waals surface area contributed by atoms with E-state index in [0.717, 1.165) is 5.56 Å². The van der Waals surface area contributed by atoms with Gasteiger partial charge in [-0.05, 0) is 26.0 Å². The van der Waals surface area contributed by atoms with E-state index in [1.54, 1.807) is 31.2 Å². The Hall–Kier alpha value is -0.950. The second-order valence-corrected chi connectivity index (χ2v) is 6.18. The predicted molar refractivity (Wildman–Crippen MR) is 66.4 cm³/mol. The van der Waals surface area contributed by atoms with Gasteiger partial charge in [-0.3, -0.25) is 0 Å². The van der Waals surface area contributed by atoms with E-state index in [2.05, 4.69) is 0 Å². The number of hydrogen-bond donors (Lipinski definition) is 0. The van der Waals surface area contributed by atoms with Crippen molar-refractivity contribution in [2.45, 2.75) is 31.3 Å². The van der Waals surface area contributed by atoms with Crippen LogP contribution < -0.4 is 0 Å². The summed E-state index contributed by atoms with van der Waals surface area (Å²) >= 11 is 0. The van der Waals surface area contributed by atoms with Crippen LogP contribution in [0.15, 0.2) is 29.2 Å². The fourth-order valence-corrected chi connectivity index (χ4v) is 3.40. The van der Waals surface area contributed by atoms with Crippen LogP contribution in [0.1, 0.15) is 12.5 Å². The highest BCUT2D eigenvalue weighted by molar-refractivity contribution is 7.89. The number of nitrogens with zero attached hydrogens (tertiary/aromatic N) is 1. The third-order valence-electron chi connectivity index (χ3n) is 2.97. The Morgan fingerprint density at radius 2 is 1.94 bits per heavy atom. The summed E-state index contributed by atoms with van der Waals surface area (Å²) in [6, 6.07) is 6.78. The van der Waals surface area contributed by atoms with E-state index in [9.17, 15) is 8.42 Å². The van der Waals surface area contributed by atoms with E-state index in [4.69, 9.17) is 9.47 Å². The maximum Gasteiger partial charge on any atom is 0.245 e. The molecule has 0 aromatic heterocycles. The van der Waals surface area contributed by atoms with Crippen molar-refractivity contribution in [1.29, 1.82) is 0 Å². The first-order chi connectivity index (χ1) is 8.45. The molecule has 1 heterocycles. The first-order valence-electron chi connectivity index (χ1n) is 5.72. The minimum atomic E-state index is -3.52. The molecule has 1 fully saturated rings. The first kappa shape index (κ1) is 13.5. The van der Waals surface area contributed by atoms with Gasteiger partial charge in [0.25, 0.3) is 0 Å². The number of hydrogen-bond acceptors (Lipinski definition) is 4. The summed E-state index contributed by atoms with van der Waals surface area (Å²) in [6.45, 7) is 3.83. The van der Waals surface area contributed by atoms with Gasteiger partial charge in [0.1, 0.15) is 6.23 Å². The summed E-state index contributed by atoms with van der Waals surface area (Å²) in [5.41, 5.74) is 1.02. The fraction of sp³-hybridized carbons (Fsp3) is 0.500. The molecule has 1 saturated heterocycles. The van der Waals surface area contributed by atoms with Crippen LogP contribution in [0.4, 0.5) is 0 Å². The lowest BCUT2D eigenvalue weighted by molar-refractivity contribution is -0.108. The van der Waals surface area contributed by atoms with Gasteiger partial charge in [0.2, 0.25) is 10.0 Å². The Bertz CT molecular complexity index is 511. The van der Waals surface area contributed by atoms with E-state index in [-0.39, 0.29) is 11.4 Å². The maximum absolute atomic E-state index is 12.4. The highest BCUT2D eigenvalue weighted by atomic mass is 32.2. The van der Waals surface area contributed by atoms with Crippen molar-refractivity contribution < 1.29 is 17.9 Å². The zero-order valence-corrected chi connectivity index (χ0v) is 11.5. The molecule has 0 radical (unpaired) electrons. The summed E-state index contributed by atoms with van der Waals surface area (Å²) in [6.07, 6.45) is -1.01. The fourth-order valence-electron chi connectivity index (χ4n) is 1.90. The molecule has 5 nitrogen and oxygen atoms in total. The molecule has 1 aromatic rings. The van der Waals surface area contributed by atoms with Crippen molar-refractivity contribution in [2.75, 3.05) is 13.7 Å². The van der Waals surface area contributed by atoms with Crippen LogP contribution in [0.5, 0.6) is 0 Å². The van der Waals surface area contributed by atoms with Gasteiger partial charge in [0.05, 0.1) is 11.4 Å². The first-order valence-corrected chi connectivity index (χ1v) is 7.16. The van der Waals surface area contributed by atoms with E-state index >= 15 is 0 Å². The summed E-state index contributed by atoms with van der Waals surface area (Å²) < 4.78 is 36.5. The Balaban J connectivity index is 2.29. The molecule has 2 atom stereocenters. The van der Waals surface area contributed by atoms with Crippen molar-refractivity contribution in [2.24, 2.45) is 0 Å². The van der Waals surface area contributed by atoms with Gasteiger partial charge in [-0.15, -0.1) is 0 Å². The average Bonchev–Trinajstić information content (AvgIpc) is 2.72. The van der Waals surface area contributed by atoms with Gasteiger partial charge >= 0.3 is 0 Å². The molecule has 18 heavy (non-hydrogen) atoms. The normalized spacial score (nSPS) is 25.5. The summed E-state index contributed by atoms with van der Waals surface area (Å²) in [7, 11) is -2.02. The van der Waals surface area contributed by atoms with Crippen LogP contribution in [0.3, 0.4) is 0 Å². The van der Waals surface area contributed by atoms with Crippen LogP contribution in [-0.4, -0.2) is 38.9 Å². The van der Waals surface area contributed by atoms with Crippen LogP contribution in [0.2, 0.25) is 0 Å². The molecule has 2 unspecified atom stereocenters. The zero-order valence-electron chi connectivity index (χ0n) is 10.7. The predicted octanol–water partition coefficient (Wildman–Crippen LogP) is 1.33. The Labute approximate surface area is 107 Å². The Morgan fingerprint density at radius 3 is 2.44 bits per heavy atom. The van der Waals surface area contributed by atoms with Gasteiger partial charge in [-0.2, -0.15) is 4.31 Å². The standard InChI is InChI=1S/C12H17NO4S/c1-9-4-6-11(7-5-9)18(14,15)13-8-12(16-3)17-10(13)2/h4-7,10,12H,8H2,1-3H3. The molecule has 0 amide bonds. The summed E-state index contributed by atoms with van der Waals surface area (Å²) in [4.78, 5) is 0.278. The molecule has 1 aliphatic rings. The van der Waals surface area contributed by atoms with Crippen molar-refractivity contribution in [1.82, 2.24) is 4.31 Å². The number of ether oxygens (including phenoxy) is 2. The monoisotopic (exact) mass is 271 g/mol. The summed E-state index contributed by atoms with van der Waals surface area (Å²) in [5.74, 6) is 0. The van der Waals surface area contributed by atoms with E-state index < -0.39 is 22.5 Å². The molecule has 0 spiro atoms. The third-order valence-corrected chi connectivity index (χ3v) is 4.91. The van der Waals surface area contributed by atoms with Crippen LogP contribution in [0.25, 0.3) is 0 Å². The highest BCUT2D eigenvalue weighted by Crippen LogP contribution is 2.25. The average molecular weight is 271 g/mol. The highest BCUT2D eigenvalue weighted by Gasteiger charge is 2.38. The molecule has 0 aliphatic carbocycles. The minimum absolute atomic E-state index is 0.216. The molecule has 0 bridgehead atoms. The maximum atomic E-state index is 12.4. The lowest BCUT2D eigenvalue weighted by Crippen LogP contribution is -2.34. The number of benzene rings is 1. The SMILES string of the molecule is COC1CN(S(=O)(=O)c2ccc(C)cc2)C(C)O1. The van der Waals surface area contributed by atoms with Crippen LogP contribution in [-0.2, 0) is 19.5 Å². The molecule has 100 valence electrons. The molecule has 0 N–H and O–H groups in total. The number of aryl methyl sites for hydroxylation is 1. The Kier molecular flexibility index (Phi) is 3.72. The molecule has 2 rings (SSSR count). The molecule has 0 saturated carbocycles. The van der Waals surface area contributed by atoms with Gasteiger partial charge < -0.3 is 9.47 Å². The second-order valence-electron chi connectivity index (χ2n) is 4.29. The second kappa shape index (κ2) is 4.97. The van der Waals surface area contributed by atoms with Crippen molar-refractivity contribution in [3.63, 3.8) is 0 Å². The van der Waals surface area contributed by atoms with E-state index in [1.807, 2.05) is 6.92 Å².